The van der Waals surface area contributed by atoms with Crippen LogP contribution < -0.4 is 5.73 Å². The number of rotatable bonds is 2. The highest BCUT2D eigenvalue weighted by atomic mass is 16.2. The minimum Gasteiger partial charge on any atom is -0.364 e. The third kappa shape index (κ3) is 3.15. The molecule has 1 aliphatic rings. The number of nitrogens with two attached hydrogens (primary N) is 1. The number of aromatic nitrogens is 3. The van der Waals surface area contributed by atoms with Gasteiger partial charge in [-0.25, -0.2) is 9.67 Å². The highest BCUT2D eigenvalue weighted by Gasteiger charge is 2.39. The Kier molecular flexibility index (Phi) is 4.48. The van der Waals surface area contributed by atoms with Crippen molar-refractivity contribution in [2.75, 3.05) is 13.6 Å². The van der Waals surface area contributed by atoms with E-state index < -0.39 is 11.3 Å². The molecule has 0 spiro atoms. The zero-order valence-electron chi connectivity index (χ0n) is 16.5. The number of hydrogen-bond acceptors (Lipinski definition) is 5. The van der Waals surface area contributed by atoms with Crippen molar-refractivity contribution in [3.63, 3.8) is 0 Å². The standard InChI is InChI=1S/C22H18N6O2/c1-22(7-9-27(2)21(22)30)6-5-14-10-15(13-23)12-16(11-14)28-20-17(4-3-8-25-20)18(26-28)19(24)29/h3-4,8,10-12H,7,9H2,1-2H3,(H2,24,29)/t22-/m1/s1. The Labute approximate surface area is 172 Å². The number of benzene rings is 1. The van der Waals surface area contributed by atoms with Crippen molar-refractivity contribution in [2.24, 2.45) is 11.1 Å². The maximum atomic E-state index is 12.4. The van der Waals surface area contributed by atoms with Crippen LogP contribution in [-0.2, 0) is 4.79 Å². The molecule has 1 fully saturated rings. The van der Waals surface area contributed by atoms with Crippen LogP contribution in [0.5, 0.6) is 0 Å². The molecular formula is C22H18N6O2. The Bertz CT molecular complexity index is 1310. The van der Waals surface area contributed by atoms with Gasteiger partial charge in [0, 0.05) is 25.4 Å². The molecule has 0 unspecified atom stereocenters. The largest absolute Gasteiger partial charge is 0.364 e. The van der Waals surface area contributed by atoms with E-state index in [4.69, 9.17) is 5.73 Å². The molecule has 0 aliphatic carbocycles. The SMILES string of the molecule is CN1CC[C@@](C)(C#Cc2cc(C#N)cc(-n3nc(C(N)=O)c4cccnc43)c2)C1=O. The van der Waals surface area contributed by atoms with E-state index in [1.54, 1.807) is 48.5 Å². The van der Waals surface area contributed by atoms with Gasteiger partial charge in [0.1, 0.15) is 5.41 Å². The fourth-order valence-electron chi connectivity index (χ4n) is 3.53. The Morgan fingerprint density at radius 1 is 1.30 bits per heavy atom. The molecule has 8 nitrogen and oxygen atoms in total. The van der Waals surface area contributed by atoms with Crippen LogP contribution in [-0.4, -0.2) is 45.1 Å². The van der Waals surface area contributed by atoms with Crippen molar-refractivity contribution in [2.45, 2.75) is 13.3 Å². The first-order valence-corrected chi connectivity index (χ1v) is 9.30. The smallest absolute Gasteiger partial charge is 0.269 e. The molecule has 1 atom stereocenters. The Morgan fingerprint density at radius 2 is 2.07 bits per heavy atom. The van der Waals surface area contributed by atoms with Crippen LogP contribution in [0, 0.1) is 28.6 Å². The van der Waals surface area contributed by atoms with Crippen molar-refractivity contribution in [3.8, 4) is 23.6 Å². The van der Waals surface area contributed by atoms with Crippen molar-refractivity contribution in [3.05, 3.63) is 53.3 Å². The normalized spacial score (nSPS) is 18.2. The van der Waals surface area contributed by atoms with E-state index in [9.17, 15) is 14.9 Å². The molecule has 2 aromatic heterocycles. The minimum absolute atomic E-state index is 0.0139. The lowest BCUT2D eigenvalue weighted by atomic mass is 9.89. The zero-order valence-corrected chi connectivity index (χ0v) is 16.5. The number of hydrogen-bond donors (Lipinski definition) is 1. The van der Waals surface area contributed by atoms with Gasteiger partial charge in [-0.05, 0) is 43.7 Å². The maximum Gasteiger partial charge on any atom is 0.269 e. The zero-order chi connectivity index (χ0) is 21.5. The van der Waals surface area contributed by atoms with E-state index in [1.807, 2.05) is 6.92 Å². The summed E-state index contributed by atoms with van der Waals surface area (Å²) in [6.07, 6.45) is 2.24. The molecule has 0 saturated carbocycles. The number of nitrogens with zero attached hydrogens (tertiary/aromatic N) is 5. The van der Waals surface area contributed by atoms with Gasteiger partial charge in [-0.15, -0.1) is 0 Å². The van der Waals surface area contributed by atoms with Gasteiger partial charge in [0.25, 0.3) is 5.91 Å². The topological polar surface area (TPSA) is 118 Å². The lowest BCUT2D eigenvalue weighted by molar-refractivity contribution is -0.131. The second-order valence-electron chi connectivity index (χ2n) is 7.44. The summed E-state index contributed by atoms with van der Waals surface area (Å²) in [4.78, 5) is 30.2. The average Bonchev–Trinajstić information content (AvgIpc) is 3.26. The van der Waals surface area contributed by atoms with Crippen molar-refractivity contribution < 1.29 is 9.59 Å². The highest BCUT2D eigenvalue weighted by molar-refractivity contribution is 6.03. The molecule has 2 amide bonds. The quantitative estimate of drug-likeness (QED) is 0.658. The molecule has 0 radical (unpaired) electrons. The van der Waals surface area contributed by atoms with Gasteiger partial charge in [-0.1, -0.05) is 11.8 Å². The number of primary amides is 1. The van der Waals surface area contributed by atoms with Crippen LogP contribution in [0.15, 0.2) is 36.5 Å². The van der Waals surface area contributed by atoms with Crippen LogP contribution in [0.25, 0.3) is 16.7 Å². The van der Waals surface area contributed by atoms with Crippen LogP contribution >= 0.6 is 0 Å². The Balaban J connectivity index is 1.84. The molecule has 4 rings (SSSR count). The number of fused-ring (bicyclic) bond motifs is 1. The predicted molar refractivity (Wildman–Crippen MR) is 109 cm³/mol. The van der Waals surface area contributed by atoms with Crippen molar-refractivity contribution in [1.82, 2.24) is 19.7 Å². The summed E-state index contributed by atoms with van der Waals surface area (Å²) in [7, 11) is 1.76. The van der Waals surface area contributed by atoms with Gasteiger partial charge in [0.2, 0.25) is 5.91 Å². The lowest BCUT2D eigenvalue weighted by Gasteiger charge is -2.14. The number of pyridine rings is 1. The highest BCUT2D eigenvalue weighted by Crippen LogP contribution is 2.30. The molecule has 1 aliphatic heterocycles. The lowest BCUT2D eigenvalue weighted by Crippen LogP contribution is -2.28. The molecule has 3 heterocycles. The number of amides is 2. The molecule has 2 N–H and O–H groups in total. The van der Waals surface area contributed by atoms with Crippen LogP contribution in [0.3, 0.4) is 0 Å². The summed E-state index contributed by atoms with van der Waals surface area (Å²) in [6, 6.07) is 10.5. The number of likely N-dealkylation sites (tertiary alicyclic amines) is 1. The van der Waals surface area contributed by atoms with Gasteiger partial charge < -0.3 is 10.6 Å². The second kappa shape index (κ2) is 7.02. The predicted octanol–water partition coefficient (Wildman–Crippen LogP) is 1.61. The van der Waals surface area contributed by atoms with E-state index in [-0.39, 0.29) is 11.6 Å². The molecule has 30 heavy (non-hydrogen) atoms. The molecule has 0 bridgehead atoms. The van der Waals surface area contributed by atoms with Gasteiger partial charge in [0.15, 0.2) is 11.3 Å². The summed E-state index contributed by atoms with van der Waals surface area (Å²) < 4.78 is 1.47. The molecular weight excluding hydrogens is 380 g/mol. The first-order valence-electron chi connectivity index (χ1n) is 9.30. The molecule has 148 valence electrons. The van der Waals surface area contributed by atoms with Crippen molar-refractivity contribution >= 4 is 22.8 Å². The average molecular weight is 398 g/mol. The van der Waals surface area contributed by atoms with Crippen molar-refractivity contribution in [1.29, 1.82) is 5.26 Å². The van der Waals surface area contributed by atoms with Crippen LogP contribution in [0.2, 0.25) is 0 Å². The van der Waals surface area contributed by atoms with Gasteiger partial charge in [0.05, 0.1) is 22.7 Å². The van der Waals surface area contributed by atoms with Gasteiger partial charge in [-0.3, -0.25) is 9.59 Å². The molecule has 3 aromatic rings. The van der Waals surface area contributed by atoms with E-state index >= 15 is 0 Å². The first kappa shape index (κ1) is 19.2. The fourth-order valence-corrected chi connectivity index (χ4v) is 3.53. The first-order chi connectivity index (χ1) is 14.3. The van der Waals surface area contributed by atoms with E-state index in [0.29, 0.717) is 40.8 Å². The van der Waals surface area contributed by atoms with Crippen LogP contribution in [0.1, 0.15) is 35.0 Å². The monoisotopic (exact) mass is 398 g/mol. The summed E-state index contributed by atoms with van der Waals surface area (Å²) in [5.74, 6) is 5.43. The summed E-state index contributed by atoms with van der Waals surface area (Å²) in [5.41, 5.74) is 6.71. The van der Waals surface area contributed by atoms with Gasteiger partial charge >= 0.3 is 0 Å². The third-order valence-corrected chi connectivity index (χ3v) is 5.22. The second-order valence-corrected chi connectivity index (χ2v) is 7.44. The molecule has 1 aromatic carbocycles. The van der Waals surface area contributed by atoms with E-state index in [0.717, 1.165) is 0 Å². The minimum atomic E-state index is -0.753. The summed E-state index contributed by atoms with van der Waals surface area (Å²) in [5, 5.41) is 14.3. The van der Waals surface area contributed by atoms with E-state index in [2.05, 4.69) is 28.0 Å². The molecule has 1 saturated heterocycles. The third-order valence-electron chi connectivity index (χ3n) is 5.22. The summed E-state index contributed by atoms with van der Waals surface area (Å²) >= 11 is 0. The van der Waals surface area contributed by atoms with E-state index in [1.165, 1.54) is 4.68 Å². The Morgan fingerprint density at radius 3 is 2.73 bits per heavy atom. The molecule has 8 heteroatoms. The maximum absolute atomic E-state index is 12.4. The number of carbonyl (C=O) groups excluding carboxylic acids is 2. The summed E-state index contributed by atoms with van der Waals surface area (Å²) in [6.45, 7) is 2.49. The number of carbonyl (C=O) groups is 2. The fraction of sp³-hybridized carbons (Fsp3) is 0.227. The Hall–Kier alpha value is -4.17. The number of nitriles is 1. The van der Waals surface area contributed by atoms with Gasteiger partial charge in [-0.2, -0.15) is 10.4 Å². The van der Waals surface area contributed by atoms with Crippen LogP contribution in [0.4, 0.5) is 0 Å².